The summed E-state index contributed by atoms with van der Waals surface area (Å²) in [6, 6.07) is 3.83. The van der Waals surface area contributed by atoms with Gasteiger partial charge in [-0.25, -0.2) is 8.42 Å². The molecule has 0 saturated heterocycles. The van der Waals surface area contributed by atoms with Gasteiger partial charge in [0.05, 0.1) is 4.90 Å². The van der Waals surface area contributed by atoms with E-state index in [2.05, 4.69) is 0 Å². The highest BCUT2D eigenvalue weighted by atomic mass is 32.2. The molecule has 0 amide bonds. The average molecular weight is 310 g/mol. The molecule has 2 N–H and O–H groups in total. The summed E-state index contributed by atoms with van der Waals surface area (Å²) < 4.78 is 27.5. The second-order valence-electron chi connectivity index (χ2n) is 6.05. The van der Waals surface area contributed by atoms with Gasteiger partial charge in [-0.15, -0.1) is 0 Å². The van der Waals surface area contributed by atoms with Gasteiger partial charge in [-0.2, -0.15) is 4.31 Å². The summed E-state index contributed by atoms with van der Waals surface area (Å²) in [5.74, 6) is 0. The average Bonchev–Trinajstić information content (AvgIpc) is 2.49. The van der Waals surface area contributed by atoms with E-state index < -0.39 is 10.0 Å². The summed E-state index contributed by atoms with van der Waals surface area (Å²) in [6.45, 7) is 4.17. The van der Waals surface area contributed by atoms with Gasteiger partial charge in [0.25, 0.3) is 0 Å². The van der Waals surface area contributed by atoms with Crippen LogP contribution in [0.3, 0.4) is 0 Å². The Bertz CT molecular complexity index is 605. The van der Waals surface area contributed by atoms with E-state index in [9.17, 15) is 8.42 Å². The van der Waals surface area contributed by atoms with Gasteiger partial charge >= 0.3 is 0 Å². The number of aryl methyl sites for hydroxylation is 1. The van der Waals surface area contributed by atoms with Gasteiger partial charge in [-0.1, -0.05) is 25.3 Å². The molecule has 0 bridgehead atoms. The van der Waals surface area contributed by atoms with Crippen molar-refractivity contribution < 1.29 is 8.42 Å². The third-order valence-electron chi connectivity index (χ3n) is 4.66. The van der Waals surface area contributed by atoms with Crippen LogP contribution in [0.5, 0.6) is 0 Å². The number of benzene rings is 1. The highest BCUT2D eigenvalue weighted by molar-refractivity contribution is 7.89. The lowest BCUT2D eigenvalue weighted by molar-refractivity contribution is 0.285. The van der Waals surface area contributed by atoms with Crippen LogP contribution < -0.4 is 5.73 Å². The lowest BCUT2D eigenvalue weighted by atomic mass is 9.96. The van der Waals surface area contributed by atoms with Gasteiger partial charge in [0.15, 0.2) is 0 Å². The van der Waals surface area contributed by atoms with Crippen LogP contribution in [-0.2, 0) is 16.6 Å². The monoisotopic (exact) mass is 310 g/mol. The van der Waals surface area contributed by atoms with E-state index in [1.165, 1.54) is 6.42 Å². The molecule has 0 spiro atoms. The first-order chi connectivity index (χ1) is 9.87. The van der Waals surface area contributed by atoms with E-state index in [0.717, 1.165) is 42.4 Å². The van der Waals surface area contributed by atoms with Crippen molar-refractivity contribution in [2.24, 2.45) is 5.73 Å². The van der Waals surface area contributed by atoms with Crippen molar-refractivity contribution in [3.8, 4) is 0 Å². The van der Waals surface area contributed by atoms with Crippen LogP contribution in [0.25, 0.3) is 0 Å². The summed E-state index contributed by atoms with van der Waals surface area (Å²) in [7, 11) is -1.73. The Morgan fingerprint density at radius 2 is 1.81 bits per heavy atom. The Morgan fingerprint density at radius 3 is 2.38 bits per heavy atom. The molecular formula is C16H26N2O2S. The maximum Gasteiger partial charge on any atom is 0.243 e. The molecule has 0 heterocycles. The molecule has 2 rings (SSSR count). The fraction of sp³-hybridized carbons (Fsp3) is 0.625. The molecule has 1 aromatic carbocycles. The topological polar surface area (TPSA) is 63.4 Å². The normalized spacial score (nSPS) is 17.4. The van der Waals surface area contributed by atoms with Crippen LogP contribution in [0.15, 0.2) is 17.0 Å². The molecular weight excluding hydrogens is 284 g/mol. The lowest BCUT2D eigenvalue weighted by Crippen LogP contribution is -2.38. The van der Waals surface area contributed by atoms with Gasteiger partial charge in [0, 0.05) is 19.6 Å². The predicted molar refractivity (Wildman–Crippen MR) is 85.6 cm³/mol. The van der Waals surface area contributed by atoms with Gasteiger partial charge in [0.1, 0.15) is 0 Å². The predicted octanol–water partition coefficient (Wildman–Crippen LogP) is 2.72. The molecule has 0 atom stereocenters. The maximum atomic E-state index is 13.0. The summed E-state index contributed by atoms with van der Waals surface area (Å²) in [5, 5.41) is 0. The van der Waals surface area contributed by atoms with Crippen molar-refractivity contribution in [2.75, 3.05) is 7.05 Å². The maximum absolute atomic E-state index is 13.0. The highest BCUT2D eigenvalue weighted by Gasteiger charge is 2.30. The van der Waals surface area contributed by atoms with Gasteiger partial charge in [-0.05, 0) is 49.4 Å². The van der Waals surface area contributed by atoms with Crippen molar-refractivity contribution in [3.63, 3.8) is 0 Å². The minimum absolute atomic E-state index is 0.130. The molecule has 0 aliphatic heterocycles. The van der Waals surface area contributed by atoms with Crippen molar-refractivity contribution >= 4 is 10.0 Å². The molecule has 5 heteroatoms. The third-order valence-corrected chi connectivity index (χ3v) is 6.70. The first-order valence-electron chi connectivity index (χ1n) is 7.66. The first kappa shape index (κ1) is 16.5. The Balaban J connectivity index is 2.40. The Kier molecular flexibility index (Phi) is 5.07. The first-order valence-corrected chi connectivity index (χ1v) is 9.10. The number of nitrogens with two attached hydrogens (primary N) is 1. The van der Waals surface area contributed by atoms with Crippen molar-refractivity contribution in [3.05, 3.63) is 28.8 Å². The third kappa shape index (κ3) is 3.30. The molecule has 21 heavy (non-hydrogen) atoms. The van der Waals surface area contributed by atoms with E-state index in [1.54, 1.807) is 17.4 Å². The second-order valence-corrected chi connectivity index (χ2v) is 8.02. The fourth-order valence-corrected chi connectivity index (χ4v) is 4.84. The number of nitrogens with zero attached hydrogens (tertiary/aromatic N) is 1. The van der Waals surface area contributed by atoms with E-state index in [4.69, 9.17) is 5.73 Å². The van der Waals surface area contributed by atoms with E-state index >= 15 is 0 Å². The van der Waals surface area contributed by atoms with Gasteiger partial charge in [0.2, 0.25) is 10.0 Å². The number of hydrogen-bond donors (Lipinski definition) is 1. The van der Waals surface area contributed by atoms with Crippen molar-refractivity contribution in [1.29, 1.82) is 0 Å². The van der Waals surface area contributed by atoms with E-state index in [1.807, 2.05) is 19.9 Å². The van der Waals surface area contributed by atoms with Crippen LogP contribution in [-0.4, -0.2) is 25.8 Å². The van der Waals surface area contributed by atoms with E-state index in [0.29, 0.717) is 11.4 Å². The number of rotatable bonds is 4. The van der Waals surface area contributed by atoms with Crippen LogP contribution in [0, 0.1) is 13.8 Å². The Labute approximate surface area is 128 Å². The van der Waals surface area contributed by atoms with Crippen molar-refractivity contribution in [2.45, 2.75) is 63.4 Å². The highest BCUT2D eigenvalue weighted by Crippen LogP contribution is 2.29. The smallest absolute Gasteiger partial charge is 0.243 e. The van der Waals surface area contributed by atoms with Crippen LogP contribution in [0.1, 0.15) is 48.8 Å². The Hall–Kier alpha value is -0.910. The SMILES string of the molecule is Cc1cc(CN)cc(S(=O)(=O)N(C)C2CCCCC2)c1C. The second kappa shape index (κ2) is 6.46. The zero-order chi connectivity index (χ0) is 15.6. The molecule has 1 aliphatic rings. The molecule has 0 radical (unpaired) electrons. The molecule has 1 saturated carbocycles. The van der Waals surface area contributed by atoms with E-state index in [-0.39, 0.29) is 6.04 Å². The zero-order valence-corrected chi connectivity index (χ0v) is 14.0. The molecule has 1 fully saturated rings. The zero-order valence-electron chi connectivity index (χ0n) is 13.2. The fourth-order valence-electron chi connectivity index (χ4n) is 3.08. The largest absolute Gasteiger partial charge is 0.326 e. The summed E-state index contributed by atoms with van der Waals surface area (Å²) in [4.78, 5) is 0.413. The van der Waals surface area contributed by atoms with Gasteiger partial charge in [-0.3, -0.25) is 0 Å². The lowest BCUT2D eigenvalue weighted by Gasteiger charge is -2.31. The summed E-state index contributed by atoms with van der Waals surface area (Å²) in [5.41, 5.74) is 8.37. The minimum atomic E-state index is -3.45. The Morgan fingerprint density at radius 1 is 1.19 bits per heavy atom. The standard InChI is InChI=1S/C16H26N2O2S/c1-12-9-14(11-17)10-16(13(12)2)21(19,20)18(3)15-7-5-4-6-8-15/h9-10,15H,4-8,11,17H2,1-3H3. The molecule has 0 unspecified atom stereocenters. The molecule has 118 valence electrons. The van der Waals surface area contributed by atoms with Crippen LogP contribution >= 0.6 is 0 Å². The molecule has 4 nitrogen and oxygen atoms in total. The molecule has 0 aromatic heterocycles. The summed E-state index contributed by atoms with van der Waals surface area (Å²) in [6.07, 6.45) is 5.37. The quantitative estimate of drug-likeness (QED) is 0.930. The van der Waals surface area contributed by atoms with Gasteiger partial charge < -0.3 is 5.73 Å². The summed E-state index contributed by atoms with van der Waals surface area (Å²) >= 11 is 0. The van der Waals surface area contributed by atoms with Crippen LogP contribution in [0.2, 0.25) is 0 Å². The van der Waals surface area contributed by atoms with Crippen LogP contribution in [0.4, 0.5) is 0 Å². The minimum Gasteiger partial charge on any atom is -0.326 e. The molecule has 1 aliphatic carbocycles. The van der Waals surface area contributed by atoms with Crippen molar-refractivity contribution in [1.82, 2.24) is 4.31 Å². The molecule has 1 aromatic rings. The number of sulfonamides is 1. The number of hydrogen-bond acceptors (Lipinski definition) is 3.